The molecule has 2 rings (SSSR count). The fourth-order valence-electron chi connectivity index (χ4n) is 1.81. The van der Waals surface area contributed by atoms with E-state index in [4.69, 9.17) is 4.74 Å². The molecule has 0 aromatic heterocycles. The van der Waals surface area contributed by atoms with Crippen molar-refractivity contribution in [1.29, 1.82) is 0 Å². The number of hydrogen-bond acceptors (Lipinski definition) is 7. The minimum absolute atomic E-state index is 0.0631. The molecule has 0 fully saturated rings. The van der Waals surface area contributed by atoms with E-state index in [0.29, 0.717) is 5.69 Å². The van der Waals surface area contributed by atoms with Crippen LogP contribution in [0, 0.1) is 10.1 Å². The van der Waals surface area contributed by atoms with E-state index in [9.17, 15) is 19.7 Å². The van der Waals surface area contributed by atoms with Gasteiger partial charge in [0.2, 0.25) is 0 Å². The summed E-state index contributed by atoms with van der Waals surface area (Å²) in [6.45, 7) is -0.0135. The molecule has 0 saturated carbocycles. The Morgan fingerprint density at radius 1 is 1.57 bits per heavy atom. The number of carbonyl (C=O) groups is 2. The van der Waals surface area contributed by atoms with E-state index in [1.54, 1.807) is 0 Å². The van der Waals surface area contributed by atoms with E-state index in [2.05, 4.69) is 15.4 Å². The van der Waals surface area contributed by atoms with Gasteiger partial charge in [-0.3, -0.25) is 19.7 Å². The van der Waals surface area contributed by atoms with E-state index in [-0.39, 0.29) is 42.6 Å². The number of benzene rings is 1. The lowest BCUT2D eigenvalue weighted by atomic mass is 10.2. The summed E-state index contributed by atoms with van der Waals surface area (Å²) >= 11 is 0. The first kappa shape index (κ1) is 14.6. The number of fused-ring (bicyclic) bond motifs is 1. The summed E-state index contributed by atoms with van der Waals surface area (Å²) in [7, 11) is 1.26. The largest absolute Gasteiger partial charge is 0.481 e. The highest BCUT2D eigenvalue weighted by Crippen LogP contribution is 2.37. The number of anilines is 2. The van der Waals surface area contributed by atoms with Crippen molar-refractivity contribution in [3.8, 4) is 5.75 Å². The minimum atomic E-state index is -0.569. The number of amides is 1. The summed E-state index contributed by atoms with van der Waals surface area (Å²) in [5.74, 6) is -0.531. The Morgan fingerprint density at radius 2 is 2.33 bits per heavy atom. The van der Waals surface area contributed by atoms with Crippen molar-refractivity contribution in [2.45, 2.75) is 6.42 Å². The predicted molar refractivity (Wildman–Crippen MR) is 72.3 cm³/mol. The molecule has 9 nitrogen and oxygen atoms in total. The Hall–Kier alpha value is -2.84. The summed E-state index contributed by atoms with van der Waals surface area (Å²) in [6, 6.07) is 2.64. The Bertz CT molecular complexity index is 601. The topological polar surface area (TPSA) is 120 Å². The molecule has 21 heavy (non-hydrogen) atoms. The molecule has 2 N–H and O–H groups in total. The van der Waals surface area contributed by atoms with Gasteiger partial charge in [-0.15, -0.1) is 0 Å². The van der Waals surface area contributed by atoms with Gasteiger partial charge in [-0.05, 0) is 6.07 Å². The highest BCUT2D eigenvalue weighted by molar-refractivity contribution is 5.96. The van der Waals surface area contributed by atoms with Gasteiger partial charge in [-0.2, -0.15) is 0 Å². The van der Waals surface area contributed by atoms with Crippen LogP contribution in [0.2, 0.25) is 0 Å². The molecule has 1 amide bonds. The molecule has 0 saturated heterocycles. The third kappa shape index (κ3) is 3.38. The van der Waals surface area contributed by atoms with Gasteiger partial charge in [0.25, 0.3) is 11.6 Å². The van der Waals surface area contributed by atoms with Crippen molar-refractivity contribution in [1.82, 2.24) is 0 Å². The number of rotatable bonds is 5. The summed E-state index contributed by atoms with van der Waals surface area (Å²) in [5, 5.41) is 16.4. The molecule has 1 heterocycles. The first-order valence-corrected chi connectivity index (χ1v) is 6.07. The van der Waals surface area contributed by atoms with E-state index in [1.165, 1.54) is 19.2 Å². The summed E-state index contributed by atoms with van der Waals surface area (Å²) in [6.07, 6.45) is 0.0631. The van der Waals surface area contributed by atoms with Crippen LogP contribution in [0.1, 0.15) is 6.42 Å². The maximum absolute atomic E-state index is 11.2. The first-order valence-electron chi connectivity index (χ1n) is 6.07. The van der Waals surface area contributed by atoms with Gasteiger partial charge < -0.3 is 20.1 Å². The van der Waals surface area contributed by atoms with Crippen molar-refractivity contribution in [3.05, 3.63) is 22.2 Å². The van der Waals surface area contributed by atoms with Crippen LogP contribution in [-0.4, -0.2) is 37.1 Å². The number of nitro groups is 1. The summed E-state index contributed by atoms with van der Waals surface area (Å²) in [4.78, 5) is 32.8. The van der Waals surface area contributed by atoms with Gasteiger partial charge in [-0.1, -0.05) is 0 Å². The van der Waals surface area contributed by atoms with Crippen LogP contribution in [0.5, 0.6) is 5.75 Å². The molecule has 1 aromatic rings. The number of nitrogens with zero attached hydrogens (tertiary/aromatic N) is 1. The fraction of sp³-hybridized carbons (Fsp3) is 0.333. The second kappa shape index (κ2) is 6.07. The van der Waals surface area contributed by atoms with Crippen LogP contribution in [0.3, 0.4) is 0 Å². The van der Waals surface area contributed by atoms with Gasteiger partial charge in [0.15, 0.2) is 12.4 Å². The van der Waals surface area contributed by atoms with Gasteiger partial charge in [-0.25, -0.2) is 0 Å². The SMILES string of the molecule is COC(=O)CCNc1cc2c(cc1[N+](=O)[O-])OCC(=O)N2. The maximum atomic E-state index is 11.2. The highest BCUT2D eigenvalue weighted by Gasteiger charge is 2.23. The zero-order valence-electron chi connectivity index (χ0n) is 11.2. The molecule has 0 unspecified atom stereocenters. The van der Waals surface area contributed by atoms with Gasteiger partial charge >= 0.3 is 5.97 Å². The molecule has 0 bridgehead atoms. The fourth-order valence-corrected chi connectivity index (χ4v) is 1.81. The monoisotopic (exact) mass is 295 g/mol. The maximum Gasteiger partial charge on any atom is 0.307 e. The molecular weight excluding hydrogens is 282 g/mol. The number of esters is 1. The van der Waals surface area contributed by atoms with E-state index >= 15 is 0 Å². The smallest absolute Gasteiger partial charge is 0.307 e. The Kier molecular flexibility index (Phi) is 4.21. The van der Waals surface area contributed by atoms with Crippen LogP contribution in [0.15, 0.2) is 12.1 Å². The third-order valence-corrected chi connectivity index (χ3v) is 2.80. The Balaban J connectivity index is 2.21. The van der Waals surface area contributed by atoms with Crippen LogP contribution in [-0.2, 0) is 14.3 Å². The van der Waals surface area contributed by atoms with Crippen molar-refractivity contribution in [2.75, 3.05) is 30.9 Å². The number of ether oxygens (including phenoxy) is 2. The highest BCUT2D eigenvalue weighted by atomic mass is 16.6. The first-order chi connectivity index (χ1) is 10.0. The summed E-state index contributed by atoms with van der Waals surface area (Å²) in [5.41, 5.74) is 0.334. The van der Waals surface area contributed by atoms with E-state index in [1.807, 2.05) is 0 Å². The van der Waals surface area contributed by atoms with Crippen molar-refractivity contribution >= 4 is 28.9 Å². The van der Waals surface area contributed by atoms with Crippen LogP contribution < -0.4 is 15.4 Å². The Morgan fingerprint density at radius 3 is 3.00 bits per heavy atom. The lowest BCUT2D eigenvalue weighted by Gasteiger charge is -2.19. The second-order valence-electron chi connectivity index (χ2n) is 4.21. The summed E-state index contributed by atoms with van der Waals surface area (Å²) < 4.78 is 9.60. The molecule has 1 aromatic carbocycles. The van der Waals surface area contributed by atoms with Crippen LogP contribution in [0.25, 0.3) is 0 Å². The van der Waals surface area contributed by atoms with Gasteiger partial charge in [0.05, 0.1) is 30.2 Å². The molecule has 0 spiro atoms. The van der Waals surface area contributed by atoms with Crippen molar-refractivity contribution < 1.29 is 24.0 Å². The molecule has 1 aliphatic rings. The van der Waals surface area contributed by atoms with Gasteiger partial charge in [0, 0.05) is 6.54 Å². The lowest BCUT2D eigenvalue weighted by Crippen LogP contribution is -2.25. The molecule has 9 heteroatoms. The Labute approximate surface area is 119 Å². The molecule has 1 aliphatic heterocycles. The third-order valence-electron chi connectivity index (χ3n) is 2.80. The quantitative estimate of drug-likeness (QED) is 0.470. The zero-order chi connectivity index (χ0) is 15.4. The van der Waals surface area contributed by atoms with Gasteiger partial charge in [0.1, 0.15) is 5.69 Å². The molecule has 112 valence electrons. The number of nitrogens with one attached hydrogen (secondary N) is 2. The lowest BCUT2D eigenvalue weighted by molar-refractivity contribution is -0.384. The number of nitro benzene ring substituents is 1. The number of methoxy groups -OCH3 is 1. The predicted octanol–water partition coefficient (Wildman–Crippen LogP) is 0.901. The van der Waals surface area contributed by atoms with Crippen molar-refractivity contribution in [2.24, 2.45) is 0 Å². The average molecular weight is 295 g/mol. The average Bonchev–Trinajstić information content (AvgIpc) is 2.45. The molecular formula is C12H13N3O6. The van der Waals surface area contributed by atoms with Crippen LogP contribution in [0.4, 0.5) is 17.1 Å². The standard InChI is InChI=1S/C12H13N3O6/c1-20-12(17)2-3-13-7-4-8-10(5-9(7)15(18)19)21-6-11(16)14-8/h4-5,13H,2-3,6H2,1H3,(H,14,16). The van der Waals surface area contributed by atoms with E-state index in [0.717, 1.165) is 0 Å². The second-order valence-corrected chi connectivity index (χ2v) is 4.21. The van der Waals surface area contributed by atoms with E-state index < -0.39 is 10.9 Å². The zero-order valence-corrected chi connectivity index (χ0v) is 11.2. The van der Waals surface area contributed by atoms with Crippen LogP contribution >= 0.6 is 0 Å². The molecule has 0 aliphatic carbocycles. The van der Waals surface area contributed by atoms with Crippen molar-refractivity contribution in [3.63, 3.8) is 0 Å². The normalized spacial score (nSPS) is 12.7. The molecule has 0 radical (unpaired) electrons. The number of carbonyl (C=O) groups excluding carboxylic acids is 2. The molecule has 0 atom stereocenters. The minimum Gasteiger partial charge on any atom is -0.481 e. The number of hydrogen-bond donors (Lipinski definition) is 2.